The lowest BCUT2D eigenvalue weighted by Gasteiger charge is -2.15. The van der Waals surface area contributed by atoms with E-state index >= 15 is 0 Å². The fourth-order valence-corrected chi connectivity index (χ4v) is 4.10. The molecule has 0 atom stereocenters. The summed E-state index contributed by atoms with van der Waals surface area (Å²) < 4.78 is 12.4. The molecule has 0 unspecified atom stereocenters. The maximum atomic E-state index is 11.7. The van der Waals surface area contributed by atoms with Crippen LogP contribution >= 0.6 is 27.3 Å². The SMILES string of the molecule is CCCC(=O)Nc1ccc(NCc2cc(Br)c(OCc3cccs3)c(OC)c2)cc1. The standard InChI is InChI=1S/C23H25BrN2O3S/c1-3-5-22(27)26-18-9-7-17(8-10-18)25-14-16-12-20(24)23(21(13-16)28-2)29-15-19-6-4-11-30-19/h4,6-13,25H,3,5,14-15H2,1-2H3,(H,26,27). The number of carbonyl (C=O) groups is 1. The fraction of sp³-hybridized carbons (Fsp3) is 0.261. The second-order valence-electron chi connectivity index (χ2n) is 6.71. The maximum absolute atomic E-state index is 11.7. The largest absolute Gasteiger partial charge is 0.493 e. The van der Waals surface area contributed by atoms with Gasteiger partial charge in [-0.15, -0.1) is 11.3 Å². The number of carbonyl (C=O) groups excluding carboxylic acids is 1. The first kappa shape index (κ1) is 22.2. The highest BCUT2D eigenvalue weighted by atomic mass is 79.9. The average molecular weight is 489 g/mol. The molecule has 7 heteroatoms. The molecule has 2 N–H and O–H groups in total. The third-order valence-corrected chi connectivity index (χ3v) is 5.81. The van der Waals surface area contributed by atoms with E-state index in [2.05, 4.69) is 26.6 Å². The van der Waals surface area contributed by atoms with Crippen molar-refractivity contribution in [1.29, 1.82) is 0 Å². The van der Waals surface area contributed by atoms with Crippen LogP contribution < -0.4 is 20.1 Å². The Morgan fingerprint density at radius 1 is 1.13 bits per heavy atom. The monoisotopic (exact) mass is 488 g/mol. The molecule has 1 heterocycles. The molecule has 0 fully saturated rings. The van der Waals surface area contributed by atoms with Gasteiger partial charge in [0.05, 0.1) is 11.6 Å². The topological polar surface area (TPSA) is 59.6 Å². The molecule has 3 rings (SSSR count). The minimum absolute atomic E-state index is 0.0385. The van der Waals surface area contributed by atoms with Gasteiger partial charge < -0.3 is 20.1 Å². The van der Waals surface area contributed by atoms with Crippen molar-refractivity contribution in [2.75, 3.05) is 17.7 Å². The van der Waals surface area contributed by atoms with E-state index < -0.39 is 0 Å². The van der Waals surface area contributed by atoms with Gasteiger partial charge in [-0.05, 0) is 75.8 Å². The van der Waals surface area contributed by atoms with Gasteiger partial charge in [-0.3, -0.25) is 4.79 Å². The van der Waals surface area contributed by atoms with Crippen LogP contribution in [0.4, 0.5) is 11.4 Å². The minimum Gasteiger partial charge on any atom is -0.493 e. The Kier molecular flexibility index (Phi) is 8.16. The second-order valence-corrected chi connectivity index (χ2v) is 8.59. The van der Waals surface area contributed by atoms with Crippen LogP contribution in [0, 0.1) is 0 Å². The zero-order valence-corrected chi connectivity index (χ0v) is 19.4. The molecule has 3 aromatic rings. The first-order valence-corrected chi connectivity index (χ1v) is 11.4. The third-order valence-electron chi connectivity index (χ3n) is 4.37. The summed E-state index contributed by atoms with van der Waals surface area (Å²) in [5.41, 5.74) is 2.83. The van der Waals surface area contributed by atoms with Gasteiger partial charge >= 0.3 is 0 Å². The molecule has 0 aliphatic rings. The van der Waals surface area contributed by atoms with Gasteiger partial charge in [0.2, 0.25) is 5.91 Å². The van der Waals surface area contributed by atoms with Gasteiger partial charge in [-0.25, -0.2) is 0 Å². The molecule has 0 saturated carbocycles. The molecule has 0 bridgehead atoms. The highest BCUT2D eigenvalue weighted by molar-refractivity contribution is 9.10. The smallest absolute Gasteiger partial charge is 0.224 e. The molecule has 0 aliphatic heterocycles. The maximum Gasteiger partial charge on any atom is 0.224 e. The van der Waals surface area contributed by atoms with Crippen LogP contribution in [0.5, 0.6) is 11.5 Å². The summed E-state index contributed by atoms with van der Waals surface area (Å²) in [4.78, 5) is 12.8. The third kappa shape index (κ3) is 6.24. The zero-order valence-electron chi connectivity index (χ0n) is 17.0. The average Bonchev–Trinajstić information content (AvgIpc) is 3.26. The van der Waals surface area contributed by atoms with Crippen molar-refractivity contribution in [2.45, 2.75) is 32.9 Å². The predicted octanol–water partition coefficient (Wildman–Crippen LogP) is 6.45. The van der Waals surface area contributed by atoms with Crippen LogP contribution in [-0.2, 0) is 17.9 Å². The summed E-state index contributed by atoms with van der Waals surface area (Å²) in [6.07, 6.45) is 1.37. The Balaban J connectivity index is 1.61. The van der Waals surface area contributed by atoms with Crippen LogP contribution in [0.3, 0.4) is 0 Å². The number of ether oxygens (including phenoxy) is 2. The fourth-order valence-electron chi connectivity index (χ4n) is 2.88. The molecule has 0 aliphatic carbocycles. The first-order valence-electron chi connectivity index (χ1n) is 9.74. The Morgan fingerprint density at radius 3 is 2.57 bits per heavy atom. The van der Waals surface area contributed by atoms with E-state index in [0.717, 1.165) is 32.7 Å². The number of halogens is 1. The quantitative estimate of drug-likeness (QED) is 0.344. The molecule has 158 valence electrons. The van der Waals surface area contributed by atoms with E-state index in [9.17, 15) is 4.79 Å². The number of hydrogen-bond donors (Lipinski definition) is 2. The molecule has 5 nitrogen and oxygen atoms in total. The highest BCUT2D eigenvalue weighted by Gasteiger charge is 2.12. The first-order chi connectivity index (χ1) is 14.6. The highest BCUT2D eigenvalue weighted by Crippen LogP contribution is 2.37. The van der Waals surface area contributed by atoms with Gasteiger partial charge in [-0.1, -0.05) is 13.0 Å². The Hall–Kier alpha value is -2.51. The van der Waals surface area contributed by atoms with Gasteiger partial charge in [0.25, 0.3) is 0 Å². The summed E-state index contributed by atoms with van der Waals surface area (Å²) in [6.45, 7) is 3.12. The van der Waals surface area contributed by atoms with Crippen molar-refractivity contribution in [3.05, 3.63) is 68.8 Å². The lowest BCUT2D eigenvalue weighted by atomic mass is 10.2. The molecule has 0 spiro atoms. The van der Waals surface area contributed by atoms with E-state index in [-0.39, 0.29) is 5.91 Å². The number of methoxy groups -OCH3 is 1. The molecule has 30 heavy (non-hydrogen) atoms. The van der Waals surface area contributed by atoms with Gasteiger partial charge in [-0.2, -0.15) is 0 Å². The number of amides is 1. The Bertz CT molecular complexity index is 959. The molecule has 1 amide bonds. The molecule has 1 aromatic heterocycles. The molecular formula is C23H25BrN2O3S. The van der Waals surface area contributed by atoms with Crippen molar-refractivity contribution in [3.8, 4) is 11.5 Å². The molecular weight excluding hydrogens is 464 g/mol. The minimum atomic E-state index is 0.0385. The van der Waals surface area contributed by atoms with Crippen LogP contribution in [-0.4, -0.2) is 13.0 Å². The van der Waals surface area contributed by atoms with Crippen molar-refractivity contribution < 1.29 is 14.3 Å². The summed E-state index contributed by atoms with van der Waals surface area (Å²) in [6, 6.07) is 15.7. The molecule has 0 saturated heterocycles. The Morgan fingerprint density at radius 2 is 1.90 bits per heavy atom. The molecule has 0 radical (unpaired) electrons. The molecule has 2 aromatic carbocycles. The van der Waals surface area contributed by atoms with Crippen molar-refractivity contribution >= 4 is 44.5 Å². The zero-order chi connectivity index (χ0) is 21.3. The summed E-state index contributed by atoms with van der Waals surface area (Å²) in [7, 11) is 1.64. The van der Waals surface area contributed by atoms with E-state index in [1.54, 1.807) is 18.4 Å². The number of anilines is 2. The van der Waals surface area contributed by atoms with Gasteiger partial charge in [0.1, 0.15) is 6.61 Å². The predicted molar refractivity (Wildman–Crippen MR) is 127 cm³/mol. The van der Waals surface area contributed by atoms with E-state index in [4.69, 9.17) is 9.47 Å². The lowest BCUT2D eigenvalue weighted by Crippen LogP contribution is -2.10. The van der Waals surface area contributed by atoms with Gasteiger partial charge in [0, 0.05) is 29.2 Å². The second kappa shape index (κ2) is 11.0. The number of hydrogen-bond acceptors (Lipinski definition) is 5. The van der Waals surface area contributed by atoms with Crippen molar-refractivity contribution in [1.82, 2.24) is 0 Å². The number of rotatable bonds is 10. The van der Waals surface area contributed by atoms with E-state index in [0.29, 0.717) is 31.1 Å². The van der Waals surface area contributed by atoms with Crippen molar-refractivity contribution in [2.24, 2.45) is 0 Å². The Labute approximate surface area is 189 Å². The van der Waals surface area contributed by atoms with E-state index in [1.807, 2.05) is 60.8 Å². The number of nitrogens with one attached hydrogen (secondary N) is 2. The lowest BCUT2D eigenvalue weighted by molar-refractivity contribution is -0.116. The van der Waals surface area contributed by atoms with Crippen LogP contribution in [0.2, 0.25) is 0 Å². The summed E-state index contributed by atoms with van der Waals surface area (Å²) >= 11 is 5.27. The van der Waals surface area contributed by atoms with Crippen LogP contribution in [0.15, 0.2) is 58.4 Å². The summed E-state index contributed by atoms with van der Waals surface area (Å²) in [5, 5.41) is 8.32. The van der Waals surface area contributed by atoms with E-state index in [1.165, 1.54) is 0 Å². The van der Waals surface area contributed by atoms with Gasteiger partial charge in [0.15, 0.2) is 11.5 Å². The van der Waals surface area contributed by atoms with Crippen LogP contribution in [0.1, 0.15) is 30.2 Å². The summed E-state index contributed by atoms with van der Waals surface area (Å²) in [5.74, 6) is 1.42. The number of benzene rings is 2. The van der Waals surface area contributed by atoms with Crippen molar-refractivity contribution in [3.63, 3.8) is 0 Å². The normalized spacial score (nSPS) is 10.5. The van der Waals surface area contributed by atoms with Crippen LogP contribution in [0.25, 0.3) is 0 Å². The number of thiophene rings is 1.